The number of ether oxygens (including phenoxy) is 1. The third-order valence-corrected chi connectivity index (χ3v) is 4.86. The van der Waals surface area contributed by atoms with Gasteiger partial charge in [0.15, 0.2) is 6.10 Å². The van der Waals surface area contributed by atoms with Crippen LogP contribution < -0.4 is 11.1 Å². The van der Waals surface area contributed by atoms with Gasteiger partial charge in [-0.15, -0.1) is 0 Å². The molecule has 0 aliphatic carbocycles. The van der Waals surface area contributed by atoms with E-state index in [-0.39, 0.29) is 11.8 Å². The van der Waals surface area contributed by atoms with E-state index < -0.39 is 29.3 Å². The summed E-state index contributed by atoms with van der Waals surface area (Å²) in [5.74, 6) is -1.71. The molecule has 0 aromatic heterocycles. The lowest BCUT2D eigenvalue weighted by Gasteiger charge is -2.35. The van der Waals surface area contributed by atoms with Crippen molar-refractivity contribution in [1.82, 2.24) is 4.90 Å². The van der Waals surface area contributed by atoms with E-state index in [4.69, 9.17) is 10.5 Å². The Morgan fingerprint density at radius 3 is 2.14 bits per heavy atom. The van der Waals surface area contributed by atoms with Crippen molar-refractivity contribution in [2.45, 2.75) is 46.6 Å². The molecule has 0 spiro atoms. The summed E-state index contributed by atoms with van der Waals surface area (Å²) in [6.07, 6.45) is 0.0696. The number of carbonyl (C=O) groups excluding carboxylic acids is 4. The first kappa shape index (κ1) is 22.4. The topological polar surface area (TPSA) is 119 Å². The van der Waals surface area contributed by atoms with Crippen LogP contribution in [0.4, 0.5) is 5.69 Å². The number of likely N-dealkylation sites (tertiary alicyclic amines) is 1. The minimum atomic E-state index is -0.965. The maximum Gasteiger partial charge on any atom is 0.309 e. The van der Waals surface area contributed by atoms with Crippen LogP contribution in [-0.4, -0.2) is 47.8 Å². The lowest BCUT2D eigenvalue weighted by atomic mass is 9.91. The van der Waals surface area contributed by atoms with Gasteiger partial charge in [0, 0.05) is 29.8 Å². The number of hydrogen-bond acceptors (Lipinski definition) is 5. The second kappa shape index (κ2) is 9.07. The molecular weight excluding hydrogens is 374 g/mol. The van der Waals surface area contributed by atoms with Crippen LogP contribution in [0, 0.1) is 11.3 Å². The molecule has 1 aliphatic rings. The van der Waals surface area contributed by atoms with Gasteiger partial charge in [-0.2, -0.15) is 0 Å². The molecule has 0 radical (unpaired) electrons. The number of nitrogens with zero attached hydrogens (tertiary/aromatic N) is 1. The smallest absolute Gasteiger partial charge is 0.309 e. The van der Waals surface area contributed by atoms with Crippen LogP contribution in [0.15, 0.2) is 24.3 Å². The highest BCUT2D eigenvalue weighted by molar-refractivity contribution is 5.96. The van der Waals surface area contributed by atoms with Crippen LogP contribution >= 0.6 is 0 Å². The number of hydrogen-bond donors (Lipinski definition) is 2. The summed E-state index contributed by atoms with van der Waals surface area (Å²) >= 11 is 0. The number of amides is 3. The Balaban J connectivity index is 1.83. The van der Waals surface area contributed by atoms with Gasteiger partial charge in [-0.3, -0.25) is 19.2 Å². The molecular formula is C21H29N3O5. The fourth-order valence-corrected chi connectivity index (χ4v) is 3.08. The number of carbonyl (C=O) groups is 4. The third-order valence-electron chi connectivity index (χ3n) is 4.86. The number of piperidine rings is 1. The highest BCUT2D eigenvalue weighted by Gasteiger charge is 2.33. The number of esters is 1. The van der Waals surface area contributed by atoms with E-state index in [9.17, 15) is 19.2 Å². The highest BCUT2D eigenvalue weighted by atomic mass is 16.5. The summed E-state index contributed by atoms with van der Waals surface area (Å²) in [5.41, 5.74) is 5.53. The molecule has 0 bridgehead atoms. The largest absolute Gasteiger partial charge is 0.452 e. The molecule has 29 heavy (non-hydrogen) atoms. The molecule has 3 N–H and O–H groups in total. The van der Waals surface area contributed by atoms with Crippen molar-refractivity contribution in [2.75, 3.05) is 18.4 Å². The Morgan fingerprint density at radius 2 is 1.66 bits per heavy atom. The Labute approximate surface area is 170 Å². The predicted molar refractivity (Wildman–Crippen MR) is 108 cm³/mol. The molecule has 8 heteroatoms. The third kappa shape index (κ3) is 6.04. The molecule has 0 unspecified atom stereocenters. The molecule has 1 heterocycles. The second-order valence-electron chi connectivity index (χ2n) is 8.33. The van der Waals surface area contributed by atoms with E-state index in [0.717, 1.165) is 0 Å². The number of primary amides is 1. The van der Waals surface area contributed by atoms with Crippen LogP contribution in [0.25, 0.3) is 0 Å². The van der Waals surface area contributed by atoms with Crippen molar-refractivity contribution in [3.63, 3.8) is 0 Å². The van der Waals surface area contributed by atoms with E-state index in [2.05, 4.69) is 5.32 Å². The van der Waals surface area contributed by atoms with Gasteiger partial charge in [0.2, 0.25) is 11.8 Å². The van der Waals surface area contributed by atoms with Gasteiger partial charge < -0.3 is 20.7 Å². The van der Waals surface area contributed by atoms with Crippen LogP contribution in [-0.2, 0) is 19.1 Å². The molecule has 2 rings (SSSR count). The van der Waals surface area contributed by atoms with E-state index in [1.54, 1.807) is 17.0 Å². The highest BCUT2D eigenvalue weighted by Crippen LogP contribution is 2.24. The summed E-state index contributed by atoms with van der Waals surface area (Å²) in [6.45, 7) is 8.13. The van der Waals surface area contributed by atoms with Gasteiger partial charge in [-0.1, -0.05) is 20.8 Å². The van der Waals surface area contributed by atoms with Crippen molar-refractivity contribution >= 4 is 29.4 Å². The van der Waals surface area contributed by atoms with Gasteiger partial charge >= 0.3 is 5.97 Å². The summed E-state index contributed by atoms with van der Waals surface area (Å²) in [5, 5.41) is 2.63. The molecule has 1 saturated heterocycles. The van der Waals surface area contributed by atoms with Crippen LogP contribution in [0.2, 0.25) is 0 Å². The van der Waals surface area contributed by atoms with Crippen LogP contribution in [0.1, 0.15) is 50.9 Å². The monoisotopic (exact) mass is 403 g/mol. The summed E-state index contributed by atoms with van der Waals surface area (Å²) in [7, 11) is 0. The number of anilines is 1. The first-order chi connectivity index (χ1) is 13.5. The van der Waals surface area contributed by atoms with E-state index in [0.29, 0.717) is 37.2 Å². The Bertz CT molecular complexity index is 775. The molecule has 1 aromatic carbocycles. The van der Waals surface area contributed by atoms with Crippen LogP contribution in [0.5, 0.6) is 0 Å². The molecule has 1 atom stereocenters. The molecule has 1 aliphatic heterocycles. The Kier molecular flexibility index (Phi) is 7.00. The summed E-state index contributed by atoms with van der Waals surface area (Å²) in [4.78, 5) is 49.8. The second-order valence-corrected chi connectivity index (χ2v) is 8.33. The van der Waals surface area contributed by atoms with Crippen molar-refractivity contribution in [3.05, 3.63) is 29.8 Å². The number of benzene rings is 1. The fourth-order valence-electron chi connectivity index (χ4n) is 3.08. The maximum absolute atomic E-state index is 12.4. The van der Waals surface area contributed by atoms with Gasteiger partial charge in [0.25, 0.3) is 5.91 Å². The lowest BCUT2D eigenvalue weighted by Crippen LogP contribution is -2.45. The van der Waals surface area contributed by atoms with Crippen molar-refractivity contribution in [1.29, 1.82) is 0 Å². The maximum atomic E-state index is 12.4. The molecule has 0 saturated carbocycles. The lowest BCUT2D eigenvalue weighted by molar-refractivity contribution is -0.160. The predicted octanol–water partition coefficient (Wildman–Crippen LogP) is 1.94. The number of rotatable bonds is 5. The summed E-state index contributed by atoms with van der Waals surface area (Å²) in [6, 6.07) is 6.10. The van der Waals surface area contributed by atoms with Crippen molar-refractivity contribution in [3.8, 4) is 0 Å². The zero-order valence-electron chi connectivity index (χ0n) is 17.4. The molecule has 3 amide bonds. The zero-order chi connectivity index (χ0) is 21.8. The quantitative estimate of drug-likeness (QED) is 0.728. The molecule has 1 fully saturated rings. The number of nitrogens with one attached hydrogen (secondary N) is 1. The minimum Gasteiger partial charge on any atom is -0.452 e. The Morgan fingerprint density at radius 1 is 1.10 bits per heavy atom. The zero-order valence-corrected chi connectivity index (χ0v) is 17.4. The van der Waals surface area contributed by atoms with Gasteiger partial charge in [0.05, 0.1) is 5.92 Å². The van der Waals surface area contributed by atoms with E-state index >= 15 is 0 Å². The SMILES string of the molecule is C[C@@H](OC(=O)C1CCN(C(=O)C(C)(C)C)CC1)C(=O)Nc1ccc(C(N)=O)cc1. The van der Waals surface area contributed by atoms with E-state index in [1.165, 1.54) is 19.1 Å². The van der Waals surface area contributed by atoms with Crippen molar-refractivity contribution in [2.24, 2.45) is 17.1 Å². The van der Waals surface area contributed by atoms with Gasteiger partial charge in [-0.25, -0.2) is 0 Å². The summed E-state index contributed by atoms with van der Waals surface area (Å²) < 4.78 is 5.32. The molecule has 158 valence electrons. The first-order valence-corrected chi connectivity index (χ1v) is 9.69. The molecule has 1 aromatic rings. The van der Waals surface area contributed by atoms with E-state index in [1.807, 2.05) is 20.8 Å². The normalized spacial score (nSPS) is 16.1. The average Bonchev–Trinajstić information content (AvgIpc) is 2.67. The van der Waals surface area contributed by atoms with Crippen molar-refractivity contribution < 1.29 is 23.9 Å². The fraction of sp³-hybridized carbons (Fsp3) is 0.524. The van der Waals surface area contributed by atoms with Gasteiger partial charge in [0.1, 0.15) is 0 Å². The minimum absolute atomic E-state index is 0.0689. The number of nitrogens with two attached hydrogens (primary N) is 1. The van der Waals surface area contributed by atoms with Gasteiger partial charge in [-0.05, 0) is 44.0 Å². The van der Waals surface area contributed by atoms with Crippen LogP contribution in [0.3, 0.4) is 0 Å². The Hall–Kier alpha value is -2.90. The first-order valence-electron chi connectivity index (χ1n) is 9.69. The standard InChI is InChI=1S/C21H29N3O5/c1-13(18(26)23-16-7-5-14(6-8-16)17(22)25)29-19(27)15-9-11-24(12-10-15)20(28)21(2,3)4/h5-8,13,15H,9-12H2,1-4H3,(H2,22,25)(H,23,26)/t13-/m1/s1. The molecule has 8 nitrogen and oxygen atoms in total. The average molecular weight is 403 g/mol.